The molecule has 11 heteroatoms. The van der Waals surface area contributed by atoms with Crippen LogP contribution in [0, 0.1) is 5.92 Å². The number of rotatable bonds is 16. The van der Waals surface area contributed by atoms with Crippen molar-refractivity contribution in [2.45, 2.75) is 49.6 Å². The molecule has 0 aliphatic rings. The minimum atomic E-state index is -4.29. The Hall–Kier alpha value is -3.99. The number of ether oxygens (including phenoxy) is 1. The molecular weight excluding hydrogens is 666 g/mol. The van der Waals surface area contributed by atoms with Crippen LogP contribution in [0.15, 0.2) is 113 Å². The van der Waals surface area contributed by atoms with Crippen LogP contribution in [0.5, 0.6) is 5.75 Å². The fourth-order valence-corrected chi connectivity index (χ4v) is 7.14. The van der Waals surface area contributed by atoms with Crippen LogP contribution < -0.4 is 14.4 Å². The van der Waals surface area contributed by atoms with E-state index in [4.69, 9.17) is 16.3 Å². The average molecular weight is 708 g/mol. The van der Waals surface area contributed by atoms with E-state index in [1.165, 1.54) is 28.8 Å². The Bertz CT molecular complexity index is 1770. The zero-order valence-corrected chi connectivity index (χ0v) is 30.0. The van der Waals surface area contributed by atoms with Gasteiger partial charge in [-0.15, -0.1) is 11.8 Å². The van der Waals surface area contributed by atoms with E-state index < -0.39 is 28.5 Å². The molecule has 0 fully saturated rings. The van der Waals surface area contributed by atoms with Crippen molar-refractivity contribution < 1.29 is 22.7 Å². The first-order valence-electron chi connectivity index (χ1n) is 15.8. The fourth-order valence-electron chi connectivity index (χ4n) is 5.12. The van der Waals surface area contributed by atoms with Crippen LogP contribution in [-0.4, -0.2) is 57.1 Å². The van der Waals surface area contributed by atoms with Gasteiger partial charge >= 0.3 is 0 Å². The molecule has 4 rings (SSSR count). The van der Waals surface area contributed by atoms with E-state index in [0.717, 1.165) is 14.8 Å². The normalized spacial score (nSPS) is 12.0. The number of hydrogen-bond donors (Lipinski definition) is 1. The van der Waals surface area contributed by atoms with Gasteiger partial charge in [-0.3, -0.25) is 13.9 Å². The number of thioether (sulfide) groups is 1. The number of nitrogens with one attached hydrogen (secondary N) is 1. The van der Waals surface area contributed by atoms with Crippen LogP contribution in [0.25, 0.3) is 0 Å². The van der Waals surface area contributed by atoms with E-state index in [9.17, 15) is 18.0 Å². The first kappa shape index (κ1) is 36.8. The summed E-state index contributed by atoms with van der Waals surface area (Å²) in [5.41, 5.74) is 1.68. The van der Waals surface area contributed by atoms with Crippen LogP contribution >= 0.6 is 23.4 Å². The quantitative estimate of drug-likeness (QED) is 0.125. The van der Waals surface area contributed by atoms with Crippen LogP contribution in [0.2, 0.25) is 5.02 Å². The molecule has 0 spiro atoms. The number of amides is 2. The smallest absolute Gasteiger partial charge is 0.264 e. The molecule has 8 nitrogen and oxygen atoms in total. The van der Waals surface area contributed by atoms with Gasteiger partial charge in [0.2, 0.25) is 11.8 Å². The van der Waals surface area contributed by atoms with Gasteiger partial charge in [0, 0.05) is 29.4 Å². The number of para-hydroxylation sites is 2. The van der Waals surface area contributed by atoms with Crippen molar-refractivity contribution in [3.8, 4) is 5.75 Å². The predicted octanol–water partition coefficient (Wildman–Crippen LogP) is 7.07. The molecular formula is C37H42ClN3O5S2. The molecule has 4 aromatic rings. The third kappa shape index (κ3) is 9.55. The van der Waals surface area contributed by atoms with Crippen LogP contribution in [-0.2, 0) is 32.6 Å². The maximum absolute atomic E-state index is 14.7. The number of sulfonamides is 1. The Balaban J connectivity index is 1.84. The minimum absolute atomic E-state index is 0.0193. The second kappa shape index (κ2) is 17.4. The second-order valence-electron chi connectivity index (χ2n) is 11.5. The summed E-state index contributed by atoms with van der Waals surface area (Å²) in [5, 5.41) is 3.42. The van der Waals surface area contributed by atoms with E-state index in [-0.39, 0.29) is 42.0 Å². The van der Waals surface area contributed by atoms with E-state index in [0.29, 0.717) is 22.9 Å². The highest BCUT2D eigenvalue weighted by Crippen LogP contribution is 2.33. The third-order valence-electron chi connectivity index (χ3n) is 7.61. The highest BCUT2D eigenvalue weighted by Gasteiger charge is 2.35. The van der Waals surface area contributed by atoms with Gasteiger partial charge in [-0.25, -0.2) is 8.42 Å². The summed E-state index contributed by atoms with van der Waals surface area (Å²) in [6.45, 7) is 5.87. The Kier molecular flexibility index (Phi) is 13.4. The number of anilines is 1. The molecule has 1 N–H and O–H groups in total. The molecule has 254 valence electrons. The van der Waals surface area contributed by atoms with Gasteiger partial charge in [-0.2, -0.15) is 0 Å². The first-order valence-corrected chi connectivity index (χ1v) is 18.8. The maximum Gasteiger partial charge on any atom is 0.264 e. The molecule has 0 aromatic heterocycles. The molecule has 1 unspecified atom stereocenters. The monoisotopic (exact) mass is 707 g/mol. The van der Waals surface area contributed by atoms with Gasteiger partial charge in [-0.05, 0) is 72.7 Å². The maximum atomic E-state index is 14.7. The Morgan fingerprint density at radius 1 is 0.896 bits per heavy atom. The number of carbonyl (C=O) groups is 2. The largest absolute Gasteiger partial charge is 0.492 e. The zero-order chi connectivity index (χ0) is 34.7. The summed E-state index contributed by atoms with van der Waals surface area (Å²) in [4.78, 5) is 31.0. The van der Waals surface area contributed by atoms with Gasteiger partial charge < -0.3 is 15.0 Å². The highest BCUT2D eigenvalue weighted by molar-refractivity contribution is 7.98. The van der Waals surface area contributed by atoms with Crippen molar-refractivity contribution in [2.24, 2.45) is 5.92 Å². The van der Waals surface area contributed by atoms with Gasteiger partial charge in [-0.1, -0.05) is 86.1 Å². The Morgan fingerprint density at radius 2 is 1.54 bits per heavy atom. The van der Waals surface area contributed by atoms with Gasteiger partial charge in [0.05, 0.1) is 17.2 Å². The molecule has 0 saturated carbocycles. The highest BCUT2D eigenvalue weighted by atomic mass is 35.5. The van der Waals surface area contributed by atoms with Crippen molar-refractivity contribution in [1.82, 2.24) is 10.2 Å². The Labute approximate surface area is 293 Å². The summed E-state index contributed by atoms with van der Waals surface area (Å²) in [5.74, 6) is -0.437. The minimum Gasteiger partial charge on any atom is -0.492 e. The third-order valence-corrected chi connectivity index (χ3v) is 10.5. The molecule has 4 aromatic carbocycles. The van der Waals surface area contributed by atoms with E-state index in [2.05, 4.69) is 5.32 Å². The van der Waals surface area contributed by atoms with Gasteiger partial charge in [0.15, 0.2) is 0 Å². The van der Waals surface area contributed by atoms with Crippen molar-refractivity contribution in [1.29, 1.82) is 0 Å². The molecule has 2 amide bonds. The molecule has 0 aliphatic heterocycles. The van der Waals surface area contributed by atoms with Crippen LogP contribution in [0.1, 0.15) is 31.9 Å². The average Bonchev–Trinajstić information content (AvgIpc) is 3.09. The summed E-state index contributed by atoms with van der Waals surface area (Å²) in [6, 6.07) is 28.8. The predicted molar refractivity (Wildman–Crippen MR) is 194 cm³/mol. The number of carbonyl (C=O) groups excluding carboxylic acids is 2. The lowest BCUT2D eigenvalue weighted by atomic mass is 10.0. The lowest BCUT2D eigenvalue weighted by Gasteiger charge is -2.34. The van der Waals surface area contributed by atoms with Crippen molar-refractivity contribution >= 4 is 50.9 Å². The number of nitrogens with zero attached hydrogens (tertiary/aromatic N) is 2. The Morgan fingerprint density at radius 3 is 2.19 bits per heavy atom. The number of benzene rings is 4. The van der Waals surface area contributed by atoms with Crippen molar-refractivity contribution in [2.75, 3.05) is 30.3 Å². The standard InChI is InChI=1S/C37H42ClN3O5S2/c1-5-46-35-18-12-11-17-33(35)41(48(44,45)31-21-19-30(47-4)20-22-31)26-36(42)40(25-29-15-9-10-16-32(29)38)34(37(43)39-24-27(2)3)23-28-13-7-6-8-14-28/h6-22,27,34H,5,23-26H2,1-4H3,(H,39,43). The summed E-state index contributed by atoms with van der Waals surface area (Å²) in [6.07, 6.45) is 2.11. The molecule has 48 heavy (non-hydrogen) atoms. The molecule has 0 saturated heterocycles. The van der Waals surface area contributed by atoms with Crippen LogP contribution in [0.3, 0.4) is 0 Å². The lowest BCUT2D eigenvalue weighted by Crippen LogP contribution is -2.53. The van der Waals surface area contributed by atoms with Crippen molar-refractivity contribution in [3.05, 3.63) is 119 Å². The topological polar surface area (TPSA) is 96.0 Å². The van der Waals surface area contributed by atoms with Gasteiger partial charge in [0.1, 0.15) is 18.3 Å². The van der Waals surface area contributed by atoms with E-state index in [1.54, 1.807) is 61.5 Å². The molecule has 0 aliphatic carbocycles. The first-order chi connectivity index (χ1) is 23.0. The molecule has 0 heterocycles. The zero-order valence-electron chi connectivity index (χ0n) is 27.6. The SMILES string of the molecule is CCOc1ccccc1N(CC(=O)N(Cc1ccccc1Cl)C(Cc1ccccc1)C(=O)NCC(C)C)S(=O)(=O)c1ccc(SC)cc1. The number of halogens is 1. The molecule has 0 bridgehead atoms. The van der Waals surface area contributed by atoms with Crippen LogP contribution in [0.4, 0.5) is 5.69 Å². The van der Waals surface area contributed by atoms with E-state index in [1.807, 2.05) is 56.5 Å². The van der Waals surface area contributed by atoms with Crippen molar-refractivity contribution in [3.63, 3.8) is 0 Å². The summed E-state index contributed by atoms with van der Waals surface area (Å²) < 4.78 is 35.8. The second-order valence-corrected chi connectivity index (χ2v) is 14.7. The van der Waals surface area contributed by atoms with Gasteiger partial charge in [0.25, 0.3) is 10.0 Å². The fraction of sp³-hybridized carbons (Fsp3) is 0.297. The summed E-state index contributed by atoms with van der Waals surface area (Å²) >= 11 is 8.08. The molecule has 0 radical (unpaired) electrons. The number of hydrogen-bond acceptors (Lipinski definition) is 6. The summed E-state index contributed by atoms with van der Waals surface area (Å²) in [7, 11) is -4.29. The van der Waals surface area contributed by atoms with E-state index >= 15 is 0 Å². The lowest BCUT2D eigenvalue weighted by molar-refractivity contribution is -0.140. The molecule has 1 atom stereocenters.